The summed E-state index contributed by atoms with van der Waals surface area (Å²) in [5.74, 6) is 1.19. The van der Waals surface area contributed by atoms with Gasteiger partial charge in [-0.15, -0.1) is 0 Å². The van der Waals surface area contributed by atoms with Crippen molar-refractivity contribution < 1.29 is 9.53 Å². The van der Waals surface area contributed by atoms with E-state index in [-0.39, 0.29) is 18.4 Å². The zero-order valence-corrected chi connectivity index (χ0v) is 11.7. The number of nitrogens with two attached hydrogens (primary N) is 1. The van der Waals surface area contributed by atoms with Crippen LogP contribution in [0.25, 0.3) is 0 Å². The maximum absolute atomic E-state index is 12.0. The van der Waals surface area contributed by atoms with Gasteiger partial charge in [0.2, 0.25) is 5.91 Å². The third-order valence-electron chi connectivity index (χ3n) is 3.38. The lowest BCUT2D eigenvalue weighted by atomic mass is 10.1. The largest absolute Gasteiger partial charge is 0.496 e. The van der Waals surface area contributed by atoms with E-state index in [1.165, 1.54) is 0 Å². The Balaban J connectivity index is 1.99. The first-order chi connectivity index (χ1) is 9.13. The van der Waals surface area contributed by atoms with Crippen LogP contribution in [0.1, 0.15) is 18.4 Å². The normalized spacial score (nSPS) is 15.9. The Kier molecular flexibility index (Phi) is 4.66. The summed E-state index contributed by atoms with van der Waals surface area (Å²) in [6.45, 7) is 0.489. The molecule has 0 saturated heterocycles. The molecule has 1 aliphatic rings. The number of carbonyl (C=O) groups excluding carboxylic acids is 1. The van der Waals surface area contributed by atoms with Gasteiger partial charge in [-0.25, -0.2) is 0 Å². The summed E-state index contributed by atoms with van der Waals surface area (Å²) in [6.07, 6.45) is 2.57. The van der Waals surface area contributed by atoms with Gasteiger partial charge in [-0.3, -0.25) is 4.79 Å². The van der Waals surface area contributed by atoms with Crippen LogP contribution in [0, 0.1) is 5.92 Å². The Morgan fingerprint density at radius 3 is 2.89 bits per heavy atom. The zero-order valence-electron chi connectivity index (χ0n) is 11.0. The maximum Gasteiger partial charge on any atom is 0.224 e. The lowest BCUT2D eigenvalue weighted by Gasteiger charge is -2.16. The summed E-state index contributed by atoms with van der Waals surface area (Å²) in [5.41, 5.74) is 6.47. The van der Waals surface area contributed by atoms with Gasteiger partial charge in [-0.05, 0) is 37.0 Å². The fourth-order valence-corrected chi connectivity index (χ4v) is 2.38. The molecule has 0 aromatic heterocycles. The molecule has 1 amide bonds. The van der Waals surface area contributed by atoms with Crippen molar-refractivity contribution in [3.8, 4) is 5.75 Å². The maximum atomic E-state index is 12.0. The smallest absolute Gasteiger partial charge is 0.224 e. The van der Waals surface area contributed by atoms with E-state index >= 15 is 0 Å². The van der Waals surface area contributed by atoms with E-state index in [0.29, 0.717) is 23.2 Å². The molecule has 5 heteroatoms. The SMILES string of the molecule is COc1ccc(Cl)cc1CC(=O)NC(CN)C1CC1. The van der Waals surface area contributed by atoms with Gasteiger partial charge in [0.1, 0.15) is 5.75 Å². The number of halogens is 1. The Morgan fingerprint density at radius 1 is 1.58 bits per heavy atom. The van der Waals surface area contributed by atoms with Crippen molar-refractivity contribution in [3.63, 3.8) is 0 Å². The molecule has 1 unspecified atom stereocenters. The van der Waals surface area contributed by atoms with Gasteiger partial charge in [0.15, 0.2) is 0 Å². The summed E-state index contributed by atoms with van der Waals surface area (Å²) < 4.78 is 5.23. The van der Waals surface area contributed by atoms with Crippen molar-refractivity contribution in [2.24, 2.45) is 11.7 Å². The molecule has 1 fully saturated rings. The molecular weight excluding hydrogens is 264 g/mol. The number of amides is 1. The monoisotopic (exact) mass is 282 g/mol. The topological polar surface area (TPSA) is 64.3 Å². The molecule has 1 aliphatic carbocycles. The van der Waals surface area contributed by atoms with E-state index in [0.717, 1.165) is 18.4 Å². The number of nitrogens with one attached hydrogen (secondary N) is 1. The Bertz CT molecular complexity index is 461. The number of methoxy groups -OCH3 is 1. The van der Waals surface area contributed by atoms with Crippen molar-refractivity contribution in [2.45, 2.75) is 25.3 Å². The molecule has 104 valence electrons. The molecule has 19 heavy (non-hydrogen) atoms. The van der Waals surface area contributed by atoms with Crippen LogP contribution in [-0.4, -0.2) is 25.6 Å². The minimum Gasteiger partial charge on any atom is -0.496 e. The van der Waals surface area contributed by atoms with Gasteiger partial charge < -0.3 is 15.8 Å². The number of hydrogen-bond donors (Lipinski definition) is 2. The third-order valence-corrected chi connectivity index (χ3v) is 3.62. The van der Waals surface area contributed by atoms with E-state index in [1.807, 2.05) is 0 Å². The number of carbonyl (C=O) groups is 1. The predicted octanol–water partition coefficient (Wildman–Crippen LogP) is 1.74. The molecule has 4 nitrogen and oxygen atoms in total. The molecule has 2 rings (SSSR count). The highest BCUT2D eigenvalue weighted by Gasteiger charge is 2.31. The number of rotatable bonds is 6. The highest BCUT2D eigenvalue weighted by molar-refractivity contribution is 6.30. The van der Waals surface area contributed by atoms with E-state index in [1.54, 1.807) is 25.3 Å². The van der Waals surface area contributed by atoms with Crippen molar-refractivity contribution >= 4 is 17.5 Å². The first-order valence-electron chi connectivity index (χ1n) is 6.46. The fourth-order valence-electron chi connectivity index (χ4n) is 2.18. The highest BCUT2D eigenvalue weighted by Crippen LogP contribution is 2.32. The van der Waals surface area contributed by atoms with Gasteiger partial charge in [0, 0.05) is 23.2 Å². The third kappa shape index (κ3) is 3.85. The van der Waals surface area contributed by atoms with Gasteiger partial charge in [-0.1, -0.05) is 11.6 Å². The second-order valence-electron chi connectivity index (χ2n) is 4.88. The number of benzene rings is 1. The Morgan fingerprint density at radius 2 is 2.32 bits per heavy atom. The van der Waals surface area contributed by atoms with Crippen molar-refractivity contribution in [1.82, 2.24) is 5.32 Å². The molecule has 3 N–H and O–H groups in total. The Labute approximate surface area is 118 Å². The van der Waals surface area contributed by atoms with E-state index in [9.17, 15) is 4.79 Å². The summed E-state index contributed by atoms with van der Waals surface area (Å²) in [7, 11) is 1.58. The van der Waals surface area contributed by atoms with Gasteiger partial charge in [0.25, 0.3) is 0 Å². The van der Waals surface area contributed by atoms with Crippen LogP contribution in [0.3, 0.4) is 0 Å². The average Bonchev–Trinajstić information content (AvgIpc) is 3.20. The second-order valence-corrected chi connectivity index (χ2v) is 5.32. The molecule has 1 saturated carbocycles. The molecule has 0 radical (unpaired) electrons. The highest BCUT2D eigenvalue weighted by atomic mass is 35.5. The van der Waals surface area contributed by atoms with Crippen LogP contribution >= 0.6 is 11.6 Å². The van der Waals surface area contributed by atoms with E-state index in [4.69, 9.17) is 22.1 Å². The number of hydrogen-bond acceptors (Lipinski definition) is 3. The van der Waals surface area contributed by atoms with E-state index < -0.39 is 0 Å². The Hall–Kier alpha value is -1.26. The van der Waals surface area contributed by atoms with Crippen molar-refractivity contribution in [1.29, 1.82) is 0 Å². The minimum atomic E-state index is -0.0390. The molecule has 0 spiro atoms. The molecule has 0 bridgehead atoms. The molecule has 1 atom stereocenters. The molecule has 0 aliphatic heterocycles. The van der Waals surface area contributed by atoms with E-state index in [2.05, 4.69) is 5.32 Å². The summed E-state index contributed by atoms with van der Waals surface area (Å²) >= 11 is 5.94. The van der Waals surface area contributed by atoms with Crippen molar-refractivity contribution in [3.05, 3.63) is 28.8 Å². The molecular formula is C14H19ClN2O2. The lowest BCUT2D eigenvalue weighted by molar-refractivity contribution is -0.121. The molecule has 1 aromatic rings. The summed E-state index contributed by atoms with van der Waals surface area (Å²) in [4.78, 5) is 12.0. The van der Waals surface area contributed by atoms with Crippen LogP contribution < -0.4 is 15.8 Å². The number of ether oxygens (including phenoxy) is 1. The van der Waals surface area contributed by atoms with Crippen LogP contribution in [0.5, 0.6) is 5.75 Å². The summed E-state index contributed by atoms with van der Waals surface area (Å²) in [6, 6.07) is 5.37. The molecule has 1 aromatic carbocycles. The quantitative estimate of drug-likeness (QED) is 0.835. The van der Waals surface area contributed by atoms with Gasteiger partial charge >= 0.3 is 0 Å². The standard InChI is InChI=1S/C14H19ClN2O2/c1-19-13-5-4-11(15)6-10(13)7-14(18)17-12(8-16)9-2-3-9/h4-6,9,12H,2-3,7-8,16H2,1H3,(H,17,18). The first-order valence-corrected chi connectivity index (χ1v) is 6.83. The zero-order chi connectivity index (χ0) is 13.8. The molecule has 0 heterocycles. The minimum absolute atomic E-state index is 0.0390. The van der Waals surface area contributed by atoms with Crippen LogP contribution in [0.2, 0.25) is 5.02 Å². The van der Waals surface area contributed by atoms with Gasteiger partial charge in [-0.2, -0.15) is 0 Å². The van der Waals surface area contributed by atoms with Crippen LogP contribution in [0.4, 0.5) is 0 Å². The summed E-state index contributed by atoms with van der Waals surface area (Å²) in [5, 5.41) is 3.58. The van der Waals surface area contributed by atoms with Crippen LogP contribution in [-0.2, 0) is 11.2 Å². The predicted molar refractivity (Wildman–Crippen MR) is 75.4 cm³/mol. The fraction of sp³-hybridized carbons (Fsp3) is 0.500. The first kappa shape index (κ1) is 14.2. The second kappa shape index (κ2) is 6.26. The average molecular weight is 283 g/mol. The van der Waals surface area contributed by atoms with Gasteiger partial charge in [0.05, 0.1) is 13.5 Å². The van der Waals surface area contributed by atoms with Crippen LogP contribution in [0.15, 0.2) is 18.2 Å². The van der Waals surface area contributed by atoms with Crippen molar-refractivity contribution in [2.75, 3.05) is 13.7 Å². The lowest BCUT2D eigenvalue weighted by Crippen LogP contribution is -2.42.